The average molecular weight is 242 g/mol. The van der Waals surface area contributed by atoms with Gasteiger partial charge in [0.1, 0.15) is 18.8 Å². The number of imidazole rings is 1. The molecular formula is C12H12N5O+. The van der Waals surface area contributed by atoms with Crippen molar-refractivity contribution in [3.8, 4) is 0 Å². The summed E-state index contributed by atoms with van der Waals surface area (Å²) < 4.78 is 9.56. The van der Waals surface area contributed by atoms with Crippen LogP contribution in [0.4, 0.5) is 5.82 Å². The van der Waals surface area contributed by atoms with Gasteiger partial charge < -0.3 is 9.73 Å². The molecule has 6 heteroatoms. The zero-order chi connectivity index (χ0) is 11.9. The number of hydrogen-bond donors (Lipinski definition) is 1. The largest absolute Gasteiger partial charge is 0.467 e. The molecule has 0 aliphatic carbocycles. The number of furan rings is 1. The Bertz CT molecular complexity index is 701. The first kappa shape index (κ1) is 9.64. The second-order valence-electron chi connectivity index (χ2n) is 4.33. The highest BCUT2D eigenvalue weighted by Crippen LogP contribution is 2.19. The maximum absolute atomic E-state index is 5.29. The number of aryl methyl sites for hydroxylation is 2. The molecule has 0 saturated carbocycles. The first-order valence-electron chi connectivity index (χ1n) is 5.91. The van der Waals surface area contributed by atoms with Gasteiger partial charge in [0.25, 0.3) is 5.65 Å². The van der Waals surface area contributed by atoms with E-state index in [0.29, 0.717) is 6.54 Å². The minimum atomic E-state index is 0.617. The van der Waals surface area contributed by atoms with Crippen LogP contribution in [0.15, 0.2) is 35.5 Å². The van der Waals surface area contributed by atoms with Crippen LogP contribution in [0.3, 0.4) is 0 Å². The normalized spacial score (nSPS) is 13.3. The Morgan fingerprint density at radius 3 is 3.33 bits per heavy atom. The monoisotopic (exact) mass is 242 g/mol. The molecule has 0 bridgehead atoms. The van der Waals surface area contributed by atoms with E-state index in [1.165, 1.54) is 0 Å². The topological polar surface area (TPSA) is 59.8 Å². The number of nitrogens with one attached hydrogen (secondary N) is 1. The smallest absolute Gasteiger partial charge is 0.261 e. The molecule has 1 N–H and O–H groups in total. The van der Waals surface area contributed by atoms with Gasteiger partial charge in [-0.2, -0.15) is 0 Å². The summed E-state index contributed by atoms with van der Waals surface area (Å²) >= 11 is 0. The fourth-order valence-electron chi connectivity index (χ4n) is 2.34. The molecule has 4 rings (SSSR count). The van der Waals surface area contributed by atoms with Gasteiger partial charge in [-0.1, -0.05) is 4.98 Å². The van der Waals surface area contributed by atoms with Crippen LogP contribution in [-0.2, 0) is 19.6 Å². The molecule has 0 aromatic carbocycles. The van der Waals surface area contributed by atoms with Crippen molar-refractivity contribution in [2.24, 2.45) is 0 Å². The third kappa shape index (κ3) is 1.32. The lowest BCUT2D eigenvalue weighted by Crippen LogP contribution is -2.31. The zero-order valence-corrected chi connectivity index (χ0v) is 9.71. The molecule has 0 radical (unpaired) electrons. The average Bonchev–Trinajstić information content (AvgIpc) is 3.10. The highest BCUT2D eigenvalue weighted by Gasteiger charge is 2.24. The third-order valence-corrected chi connectivity index (χ3v) is 3.22. The second-order valence-corrected chi connectivity index (χ2v) is 4.33. The van der Waals surface area contributed by atoms with Crippen LogP contribution in [0, 0.1) is 0 Å². The number of nitrogens with zero attached hydrogens (tertiary/aromatic N) is 4. The molecular weight excluding hydrogens is 230 g/mol. The first-order valence-corrected chi connectivity index (χ1v) is 5.91. The van der Waals surface area contributed by atoms with Crippen molar-refractivity contribution in [2.45, 2.75) is 19.6 Å². The van der Waals surface area contributed by atoms with Gasteiger partial charge in [-0.15, -0.1) is 0 Å². The Morgan fingerprint density at radius 2 is 2.44 bits per heavy atom. The molecule has 0 unspecified atom stereocenters. The summed E-state index contributed by atoms with van der Waals surface area (Å²) in [5, 5.41) is 3.26. The SMILES string of the molecule is c1coc(CNc2nc[n+]3c4c2ncn4CC3)c1. The van der Waals surface area contributed by atoms with E-state index in [2.05, 4.69) is 24.4 Å². The molecule has 18 heavy (non-hydrogen) atoms. The Hall–Kier alpha value is -2.37. The molecule has 0 atom stereocenters. The quantitative estimate of drug-likeness (QED) is 0.694. The fraction of sp³-hybridized carbons (Fsp3) is 0.250. The van der Waals surface area contributed by atoms with Gasteiger partial charge in [0.15, 0.2) is 11.8 Å². The lowest BCUT2D eigenvalue weighted by molar-refractivity contribution is -0.666. The summed E-state index contributed by atoms with van der Waals surface area (Å²) in [7, 11) is 0. The number of rotatable bonds is 3. The van der Waals surface area contributed by atoms with Gasteiger partial charge in [0, 0.05) is 0 Å². The van der Waals surface area contributed by atoms with Crippen molar-refractivity contribution in [1.82, 2.24) is 14.5 Å². The van der Waals surface area contributed by atoms with Crippen LogP contribution >= 0.6 is 0 Å². The Balaban J connectivity index is 1.71. The van der Waals surface area contributed by atoms with Crippen molar-refractivity contribution in [3.63, 3.8) is 0 Å². The van der Waals surface area contributed by atoms with E-state index in [0.717, 1.165) is 35.8 Å². The van der Waals surface area contributed by atoms with Gasteiger partial charge in [0.2, 0.25) is 12.1 Å². The van der Waals surface area contributed by atoms with Gasteiger partial charge in [-0.25, -0.2) is 14.1 Å². The van der Waals surface area contributed by atoms with Gasteiger partial charge in [-0.05, 0) is 12.1 Å². The van der Waals surface area contributed by atoms with Gasteiger partial charge >= 0.3 is 0 Å². The van der Waals surface area contributed by atoms with Crippen LogP contribution in [-0.4, -0.2) is 14.5 Å². The molecule has 0 fully saturated rings. The van der Waals surface area contributed by atoms with Crippen molar-refractivity contribution < 1.29 is 8.98 Å². The van der Waals surface area contributed by atoms with E-state index in [1.807, 2.05) is 24.8 Å². The molecule has 0 amide bonds. The molecule has 3 aromatic heterocycles. The minimum absolute atomic E-state index is 0.617. The van der Waals surface area contributed by atoms with E-state index in [4.69, 9.17) is 4.42 Å². The zero-order valence-electron chi connectivity index (χ0n) is 9.71. The van der Waals surface area contributed by atoms with Crippen molar-refractivity contribution >= 4 is 17.0 Å². The number of hydrogen-bond acceptors (Lipinski definition) is 4. The highest BCUT2D eigenvalue weighted by atomic mass is 16.3. The Morgan fingerprint density at radius 1 is 1.44 bits per heavy atom. The molecule has 0 spiro atoms. The van der Waals surface area contributed by atoms with Crippen molar-refractivity contribution in [3.05, 3.63) is 36.8 Å². The predicted molar refractivity (Wildman–Crippen MR) is 63.8 cm³/mol. The fourth-order valence-corrected chi connectivity index (χ4v) is 2.34. The summed E-state index contributed by atoms with van der Waals surface area (Å²) in [6.45, 7) is 2.56. The second kappa shape index (κ2) is 3.56. The maximum atomic E-state index is 5.29. The number of anilines is 1. The number of aromatic nitrogens is 4. The maximum Gasteiger partial charge on any atom is 0.261 e. The van der Waals surface area contributed by atoms with Crippen molar-refractivity contribution in [1.29, 1.82) is 0 Å². The summed E-state index contributed by atoms with van der Waals surface area (Å²) in [6, 6.07) is 3.81. The molecule has 90 valence electrons. The van der Waals surface area contributed by atoms with E-state index in [-0.39, 0.29) is 0 Å². The van der Waals surface area contributed by atoms with Crippen molar-refractivity contribution in [2.75, 3.05) is 5.32 Å². The van der Waals surface area contributed by atoms with Gasteiger partial charge in [-0.3, -0.25) is 0 Å². The molecule has 4 heterocycles. The van der Waals surface area contributed by atoms with Crippen LogP contribution < -0.4 is 9.88 Å². The Labute approximate surface area is 103 Å². The molecule has 1 aliphatic rings. The standard InChI is InChI=1S/C12H11N5O/c1-2-9(18-5-1)6-13-11-10-12-16(7-14-10)3-4-17(12)8-15-11/h1-2,5,7-8H,3-4,6H2/p+1. The summed E-state index contributed by atoms with van der Waals surface area (Å²) in [4.78, 5) is 8.83. The van der Waals surface area contributed by atoms with E-state index < -0.39 is 0 Å². The first-order chi connectivity index (χ1) is 8.92. The van der Waals surface area contributed by atoms with E-state index in [1.54, 1.807) is 6.26 Å². The molecule has 1 aliphatic heterocycles. The molecule has 6 nitrogen and oxygen atoms in total. The summed E-state index contributed by atoms with van der Waals surface area (Å²) in [5.74, 6) is 1.69. The lowest BCUT2D eigenvalue weighted by Gasteiger charge is -2.01. The van der Waals surface area contributed by atoms with Crippen LogP contribution in [0.5, 0.6) is 0 Å². The van der Waals surface area contributed by atoms with Gasteiger partial charge in [0.05, 0.1) is 12.8 Å². The van der Waals surface area contributed by atoms with Crippen LogP contribution in [0.1, 0.15) is 5.76 Å². The molecule has 0 saturated heterocycles. The summed E-state index contributed by atoms with van der Waals surface area (Å²) in [5.41, 5.74) is 2.05. The highest BCUT2D eigenvalue weighted by molar-refractivity contribution is 5.80. The van der Waals surface area contributed by atoms with Crippen LogP contribution in [0.25, 0.3) is 11.2 Å². The Kier molecular flexibility index (Phi) is 1.91. The lowest BCUT2D eigenvalue weighted by atomic mass is 10.4. The minimum Gasteiger partial charge on any atom is -0.467 e. The summed E-state index contributed by atoms with van der Waals surface area (Å²) in [6.07, 6.45) is 5.40. The molecule has 3 aromatic rings. The van der Waals surface area contributed by atoms with Crippen LogP contribution in [0.2, 0.25) is 0 Å². The van der Waals surface area contributed by atoms with E-state index >= 15 is 0 Å². The predicted octanol–water partition coefficient (Wildman–Crippen LogP) is 0.938. The third-order valence-electron chi connectivity index (χ3n) is 3.22. The van der Waals surface area contributed by atoms with E-state index in [9.17, 15) is 0 Å².